The fourth-order valence-electron chi connectivity index (χ4n) is 2.07. The molecule has 6 heteroatoms. The lowest BCUT2D eigenvalue weighted by Gasteiger charge is -2.08. The van der Waals surface area contributed by atoms with Crippen LogP contribution in [0.1, 0.15) is 24.2 Å². The molecule has 0 fully saturated rings. The van der Waals surface area contributed by atoms with Gasteiger partial charge in [-0.3, -0.25) is 0 Å². The first kappa shape index (κ1) is 15.5. The molecule has 1 aromatic carbocycles. The molecular weight excluding hydrogens is 268 g/mol. The Morgan fingerprint density at radius 1 is 1.19 bits per heavy atom. The average molecular weight is 290 g/mol. The van der Waals surface area contributed by atoms with Crippen LogP contribution in [0, 0.1) is 0 Å². The second kappa shape index (κ2) is 8.39. The van der Waals surface area contributed by atoms with Crippen molar-refractivity contribution in [3.63, 3.8) is 0 Å². The number of aryl methyl sites for hydroxylation is 1. The number of nitrogens with two attached hydrogens (primary N) is 1. The Kier molecular flexibility index (Phi) is 6.18. The van der Waals surface area contributed by atoms with Crippen LogP contribution in [0.4, 0.5) is 0 Å². The van der Waals surface area contributed by atoms with Gasteiger partial charge in [0, 0.05) is 20.2 Å². The molecule has 1 heterocycles. The van der Waals surface area contributed by atoms with Crippen LogP contribution in [0.15, 0.2) is 30.3 Å². The molecule has 0 spiro atoms. The van der Waals surface area contributed by atoms with Crippen LogP contribution in [-0.4, -0.2) is 28.7 Å². The number of methoxy groups -OCH3 is 1. The molecule has 114 valence electrons. The van der Waals surface area contributed by atoms with Crippen molar-refractivity contribution < 1.29 is 9.47 Å². The summed E-state index contributed by atoms with van der Waals surface area (Å²) in [5.74, 6) is 0.906. The Morgan fingerprint density at radius 3 is 2.71 bits per heavy atom. The minimum atomic E-state index is 0.385. The molecular formula is C15H22N4O2. The second-order valence-corrected chi connectivity index (χ2v) is 4.71. The van der Waals surface area contributed by atoms with E-state index in [0.717, 1.165) is 36.5 Å². The van der Waals surface area contributed by atoms with Crippen molar-refractivity contribution >= 4 is 0 Å². The highest BCUT2D eigenvalue weighted by Crippen LogP contribution is 2.10. The van der Waals surface area contributed by atoms with Gasteiger partial charge in [0.05, 0.1) is 18.9 Å². The van der Waals surface area contributed by atoms with Crippen LogP contribution in [0.3, 0.4) is 0 Å². The smallest absolute Gasteiger partial charge is 0.119 e. The molecule has 0 unspecified atom stereocenters. The van der Waals surface area contributed by atoms with Gasteiger partial charge in [-0.25, -0.2) is 4.68 Å². The van der Waals surface area contributed by atoms with Gasteiger partial charge in [-0.2, -0.15) is 0 Å². The summed E-state index contributed by atoms with van der Waals surface area (Å²) in [5.41, 5.74) is 7.41. The lowest BCUT2D eigenvalue weighted by atomic mass is 10.3. The van der Waals surface area contributed by atoms with E-state index in [-0.39, 0.29) is 0 Å². The van der Waals surface area contributed by atoms with Gasteiger partial charge in [-0.1, -0.05) is 23.4 Å². The Labute approximate surface area is 124 Å². The van der Waals surface area contributed by atoms with E-state index >= 15 is 0 Å². The number of nitrogens with zero attached hydrogens (tertiary/aromatic N) is 3. The summed E-state index contributed by atoms with van der Waals surface area (Å²) in [6.07, 6.45) is 1.93. The van der Waals surface area contributed by atoms with Gasteiger partial charge in [-0.05, 0) is 25.0 Å². The fraction of sp³-hybridized carbons (Fsp3) is 0.467. The van der Waals surface area contributed by atoms with Crippen molar-refractivity contribution in [2.24, 2.45) is 5.73 Å². The van der Waals surface area contributed by atoms with Crippen molar-refractivity contribution in [3.05, 3.63) is 41.7 Å². The van der Waals surface area contributed by atoms with Gasteiger partial charge < -0.3 is 15.2 Å². The van der Waals surface area contributed by atoms with E-state index in [1.807, 2.05) is 35.0 Å². The third-order valence-corrected chi connectivity index (χ3v) is 3.17. The molecule has 0 aliphatic rings. The molecule has 0 saturated carbocycles. The SMILES string of the molecule is COCc1c(CN)nnn1CCCCOc1ccccc1. The highest BCUT2D eigenvalue weighted by molar-refractivity contribution is 5.20. The summed E-state index contributed by atoms with van der Waals surface area (Å²) in [6.45, 7) is 2.36. The van der Waals surface area contributed by atoms with E-state index in [2.05, 4.69) is 10.3 Å². The lowest BCUT2D eigenvalue weighted by Crippen LogP contribution is -2.10. The number of unbranched alkanes of at least 4 members (excludes halogenated alkanes) is 1. The summed E-state index contributed by atoms with van der Waals surface area (Å²) in [4.78, 5) is 0. The van der Waals surface area contributed by atoms with Gasteiger partial charge >= 0.3 is 0 Å². The van der Waals surface area contributed by atoms with Crippen molar-refractivity contribution in [2.75, 3.05) is 13.7 Å². The minimum Gasteiger partial charge on any atom is -0.494 e. The number of rotatable bonds is 9. The van der Waals surface area contributed by atoms with Crippen LogP contribution >= 0.6 is 0 Å². The van der Waals surface area contributed by atoms with Crippen LogP contribution in [0.5, 0.6) is 5.75 Å². The number of benzene rings is 1. The topological polar surface area (TPSA) is 75.2 Å². The monoisotopic (exact) mass is 290 g/mol. The third-order valence-electron chi connectivity index (χ3n) is 3.17. The first-order valence-corrected chi connectivity index (χ1v) is 7.13. The lowest BCUT2D eigenvalue weighted by molar-refractivity contribution is 0.175. The van der Waals surface area contributed by atoms with Crippen molar-refractivity contribution in [1.29, 1.82) is 0 Å². The van der Waals surface area contributed by atoms with Crippen LogP contribution in [0.2, 0.25) is 0 Å². The number of ether oxygens (including phenoxy) is 2. The van der Waals surface area contributed by atoms with Crippen molar-refractivity contribution in [1.82, 2.24) is 15.0 Å². The maximum absolute atomic E-state index is 5.66. The maximum Gasteiger partial charge on any atom is 0.119 e. The van der Waals surface area contributed by atoms with Crippen LogP contribution in [0.25, 0.3) is 0 Å². The molecule has 0 atom stereocenters. The number of para-hydroxylation sites is 1. The molecule has 0 aliphatic carbocycles. The first-order valence-electron chi connectivity index (χ1n) is 7.13. The molecule has 21 heavy (non-hydrogen) atoms. The molecule has 2 N–H and O–H groups in total. The summed E-state index contributed by atoms with van der Waals surface area (Å²) < 4.78 is 12.7. The Bertz CT molecular complexity index is 528. The summed E-state index contributed by atoms with van der Waals surface area (Å²) in [6, 6.07) is 9.83. The van der Waals surface area contributed by atoms with E-state index in [9.17, 15) is 0 Å². The third kappa shape index (κ3) is 4.54. The fourth-order valence-corrected chi connectivity index (χ4v) is 2.07. The second-order valence-electron chi connectivity index (χ2n) is 4.71. The van der Waals surface area contributed by atoms with E-state index < -0.39 is 0 Å². The van der Waals surface area contributed by atoms with Crippen molar-refractivity contribution in [3.8, 4) is 5.75 Å². The zero-order valence-corrected chi connectivity index (χ0v) is 12.4. The zero-order chi connectivity index (χ0) is 14.9. The van der Waals surface area contributed by atoms with E-state index in [0.29, 0.717) is 19.8 Å². The van der Waals surface area contributed by atoms with Gasteiger partial charge in [0.15, 0.2) is 0 Å². The minimum absolute atomic E-state index is 0.385. The van der Waals surface area contributed by atoms with E-state index in [1.54, 1.807) is 7.11 Å². The van der Waals surface area contributed by atoms with Crippen LogP contribution < -0.4 is 10.5 Å². The molecule has 0 saturated heterocycles. The Hall–Kier alpha value is -1.92. The molecule has 1 aromatic heterocycles. The van der Waals surface area contributed by atoms with Crippen LogP contribution in [-0.2, 0) is 24.4 Å². The summed E-state index contributed by atoms with van der Waals surface area (Å²) >= 11 is 0. The highest BCUT2D eigenvalue weighted by Gasteiger charge is 2.10. The predicted molar refractivity (Wildman–Crippen MR) is 79.8 cm³/mol. The average Bonchev–Trinajstić information content (AvgIpc) is 2.91. The quantitative estimate of drug-likeness (QED) is 0.712. The Morgan fingerprint density at radius 2 is 2.00 bits per heavy atom. The maximum atomic E-state index is 5.66. The van der Waals surface area contributed by atoms with Gasteiger partial charge in [-0.15, -0.1) is 5.10 Å². The predicted octanol–water partition coefficient (Wildman–Crippen LogP) is 1.74. The molecule has 6 nitrogen and oxygen atoms in total. The van der Waals surface area contributed by atoms with E-state index in [1.165, 1.54) is 0 Å². The Balaban J connectivity index is 1.74. The normalized spacial score (nSPS) is 10.8. The number of hydrogen-bond acceptors (Lipinski definition) is 5. The molecule has 0 aliphatic heterocycles. The molecule has 0 bridgehead atoms. The standard InChI is InChI=1S/C15H22N4O2/c1-20-12-15-14(11-16)17-18-19(15)9-5-6-10-21-13-7-3-2-4-8-13/h2-4,7-8H,5-6,9-12,16H2,1H3. The summed E-state index contributed by atoms with van der Waals surface area (Å²) in [5, 5.41) is 8.20. The molecule has 0 amide bonds. The zero-order valence-electron chi connectivity index (χ0n) is 12.4. The number of aromatic nitrogens is 3. The number of hydrogen-bond donors (Lipinski definition) is 1. The first-order chi connectivity index (χ1) is 10.3. The highest BCUT2D eigenvalue weighted by atomic mass is 16.5. The van der Waals surface area contributed by atoms with Crippen molar-refractivity contribution in [2.45, 2.75) is 32.5 Å². The molecule has 0 radical (unpaired) electrons. The molecule has 2 aromatic rings. The van der Waals surface area contributed by atoms with Gasteiger partial charge in [0.1, 0.15) is 11.4 Å². The molecule has 2 rings (SSSR count). The van der Waals surface area contributed by atoms with Gasteiger partial charge in [0.2, 0.25) is 0 Å². The largest absolute Gasteiger partial charge is 0.494 e. The van der Waals surface area contributed by atoms with Gasteiger partial charge in [0.25, 0.3) is 0 Å². The summed E-state index contributed by atoms with van der Waals surface area (Å²) in [7, 11) is 1.66. The van der Waals surface area contributed by atoms with E-state index in [4.69, 9.17) is 15.2 Å².